The average Bonchev–Trinajstić information content (AvgIpc) is 2.43. The number of benzene rings is 1. The van der Waals surface area contributed by atoms with E-state index in [1.807, 2.05) is 6.92 Å². The SMILES string of the molecule is CCCCC(=O)OC(C)(C)C(=O)c1ccc(S(C)(=O)=O)cc1. The predicted molar refractivity (Wildman–Crippen MR) is 83.6 cm³/mol. The Kier molecular flexibility index (Phi) is 5.88. The van der Waals surface area contributed by atoms with Crippen LogP contribution < -0.4 is 0 Å². The van der Waals surface area contributed by atoms with Gasteiger partial charge in [-0.05, 0) is 44.5 Å². The molecule has 1 aromatic rings. The predicted octanol–water partition coefficient (Wildman–Crippen LogP) is 2.78. The molecule has 6 heteroatoms. The molecule has 1 rings (SSSR count). The van der Waals surface area contributed by atoms with Crippen LogP contribution in [-0.2, 0) is 19.4 Å². The van der Waals surface area contributed by atoms with Gasteiger partial charge in [-0.2, -0.15) is 0 Å². The summed E-state index contributed by atoms with van der Waals surface area (Å²) in [6.45, 7) is 5.03. The highest BCUT2D eigenvalue weighted by atomic mass is 32.2. The smallest absolute Gasteiger partial charge is 0.306 e. The Labute approximate surface area is 131 Å². The number of carbonyl (C=O) groups is 2. The van der Waals surface area contributed by atoms with Crippen LogP contribution in [0.4, 0.5) is 0 Å². The van der Waals surface area contributed by atoms with Gasteiger partial charge in [-0.15, -0.1) is 0 Å². The van der Waals surface area contributed by atoms with Crippen LogP contribution in [-0.4, -0.2) is 32.0 Å². The van der Waals surface area contributed by atoms with Crippen molar-refractivity contribution >= 4 is 21.6 Å². The first-order valence-corrected chi connectivity index (χ1v) is 9.04. The number of rotatable bonds is 7. The van der Waals surface area contributed by atoms with E-state index in [2.05, 4.69) is 0 Å². The fraction of sp³-hybridized carbons (Fsp3) is 0.500. The van der Waals surface area contributed by atoms with Crippen LogP contribution in [0.3, 0.4) is 0 Å². The molecule has 0 atom stereocenters. The van der Waals surface area contributed by atoms with E-state index in [1.165, 1.54) is 38.1 Å². The van der Waals surface area contributed by atoms with Crippen molar-refractivity contribution in [2.45, 2.75) is 50.5 Å². The maximum absolute atomic E-state index is 12.4. The lowest BCUT2D eigenvalue weighted by molar-refractivity contribution is -0.152. The molecular weight excluding hydrogens is 304 g/mol. The van der Waals surface area contributed by atoms with Crippen LogP contribution in [0.2, 0.25) is 0 Å². The van der Waals surface area contributed by atoms with Crippen molar-refractivity contribution in [3.05, 3.63) is 29.8 Å². The van der Waals surface area contributed by atoms with E-state index in [0.717, 1.165) is 12.7 Å². The molecule has 0 spiro atoms. The third-order valence-electron chi connectivity index (χ3n) is 3.19. The van der Waals surface area contributed by atoms with Crippen LogP contribution in [0.5, 0.6) is 0 Å². The van der Waals surface area contributed by atoms with Crippen molar-refractivity contribution in [2.75, 3.05) is 6.26 Å². The van der Waals surface area contributed by atoms with E-state index in [9.17, 15) is 18.0 Å². The maximum Gasteiger partial charge on any atom is 0.306 e. The zero-order valence-electron chi connectivity index (χ0n) is 13.4. The molecule has 0 amide bonds. The number of Topliss-reactive ketones (excluding diaryl/α,β-unsaturated/α-hetero) is 1. The zero-order valence-corrected chi connectivity index (χ0v) is 14.2. The van der Waals surface area contributed by atoms with Crippen molar-refractivity contribution in [3.63, 3.8) is 0 Å². The molecule has 0 saturated heterocycles. The standard InChI is InChI=1S/C16H22O5S/c1-5-6-7-14(17)21-16(2,3)15(18)12-8-10-13(11-9-12)22(4,19)20/h8-11H,5-7H2,1-4H3. The second-order valence-corrected chi connectivity index (χ2v) is 7.73. The van der Waals surface area contributed by atoms with Crippen molar-refractivity contribution in [3.8, 4) is 0 Å². The fourth-order valence-electron chi connectivity index (χ4n) is 1.90. The Balaban J connectivity index is 2.87. The molecular formula is C16H22O5S. The highest BCUT2D eigenvalue weighted by molar-refractivity contribution is 7.90. The molecule has 0 unspecified atom stereocenters. The van der Waals surface area contributed by atoms with Gasteiger partial charge in [-0.25, -0.2) is 8.42 Å². The molecule has 0 bridgehead atoms. The summed E-state index contributed by atoms with van der Waals surface area (Å²) >= 11 is 0. The molecule has 5 nitrogen and oxygen atoms in total. The first-order valence-electron chi connectivity index (χ1n) is 7.14. The van der Waals surface area contributed by atoms with E-state index in [-0.39, 0.29) is 17.1 Å². The first kappa shape index (κ1) is 18.4. The van der Waals surface area contributed by atoms with E-state index in [4.69, 9.17) is 4.74 Å². The van der Waals surface area contributed by atoms with Gasteiger partial charge in [0.1, 0.15) is 0 Å². The van der Waals surface area contributed by atoms with Gasteiger partial charge in [0.2, 0.25) is 5.78 Å². The number of sulfone groups is 1. The van der Waals surface area contributed by atoms with Crippen LogP contribution in [0, 0.1) is 0 Å². The van der Waals surface area contributed by atoms with Gasteiger partial charge >= 0.3 is 5.97 Å². The summed E-state index contributed by atoms with van der Waals surface area (Å²) in [6, 6.07) is 5.61. The topological polar surface area (TPSA) is 77.5 Å². The third kappa shape index (κ3) is 4.94. The van der Waals surface area contributed by atoms with E-state index in [1.54, 1.807) is 0 Å². The molecule has 0 heterocycles. The van der Waals surface area contributed by atoms with Crippen LogP contribution in [0.25, 0.3) is 0 Å². The van der Waals surface area contributed by atoms with E-state index >= 15 is 0 Å². The Morgan fingerprint density at radius 3 is 2.14 bits per heavy atom. The Morgan fingerprint density at radius 1 is 1.14 bits per heavy atom. The minimum Gasteiger partial charge on any atom is -0.451 e. The number of unbranched alkanes of at least 4 members (excludes halogenated alkanes) is 1. The van der Waals surface area contributed by atoms with Crippen molar-refractivity contribution in [1.82, 2.24) is 0 Å². The summed E-state index contributed by atoms with van der Waals surface area (Å²) in [4.78, 5) is 24.2. The van der Waals surface area contributed by atoms with Crippen molar-refractivity contribution in [2.24, 2.45) is 0 Å². The van der Waals surface area contributed by atoms with Crippen LogP contribution in [0.1, 0.15) is 50.4 Å². The first-order chi connectivity index (χ1) is 10.1. The molecule has 0 saturated carbocycles. The lowest BCUT2D eigenvalue weighted by atomic mass is 9.96. The molecule has 122 valence electrons. The normalized spacial score (nSPS) is 12.0. The molecule has 1 aromatic carbocycles. The average molecular weight is 326 g/mol. The van der Waals surface area contributed by atoms with Crippen molar-refractivity contribution < 1.29 is 22.7 Å². The minimum atomic E-state index is -3.31. The van der Waals surface area contributed by atoms with Gasteiger partial charge in [-0.3, -0.25) is 9.59 Å². The number of carbonyl (C=O) groups excluding carboxylic acids is 2. The molecule has 0 N–H and O–H groups in total. The van der Waals surface area contributed by atoms with Gasteiger partial charge < -0.3 is 4.74 Å². The minimum absolute atomic E-state index is 0.141. The van der Waals surface area contributed by atoms with E-state index in [0.29, 0.717) is 12.0 Å². The Bertz CT molecular complexity index is 642. The summed E-state index contributed by atoms with van der Waals surface area (Å²) in [6.07, 6.45) is 2.96. The van der Waals surface area contributed by atoms with Gasteiger partial charge in [0.15, 0.2) is 15.4 Å². The number of hydrogen-bond acceptors (Lipinski definition) is 5. The lowest BCUT2D eigenvalue weighted by Gasteiger charge is -2.23. The quantitative estimate of drug-likeness (QED) is 0.569. The maximum atomic E-state index is 12.4. The summed E-state index contributed by atoms with van der Waals surface area (Å²) in [7, 11) is -3.31. The lowest BCUT2D eigenvalue weighted by Crippen LogP contribution is -2.37. The van der Waals surface area contributed by atoms with Crippen molar-refractivity contribution in [1.29, 1.82) is 0 Å². The molecule has 0 aliphatic heterocycles. The molecule has 0 aliphatic rings. The summed E-state index contributed by atoms with van der Waals surface area (Å²) in [5.74, 6) is -0.773. The Morgan fingerprint density at radius 2 is 1.68 bits per heavy atom. The number of ketones is 1. The second kappa shape index (κ2) is 7.05. The molecule has 22 heavy (non-hydrogen) atoms. The van der Waals surface area contributed by atoms with Gasteiger partial charge in [0.25, 0.3) is 0 Å². The van der Waals surface area contributed by atoms with Gasteiger partial charge in [0, 0.05) is 18.2 Å². The molecule has 0 aliphatic carbocycles. The van der Waals surface area contributed by atoms with Gasteiger partial charge in [-0.1, -0.05) is 13.3 Å². The molecule has 0 fully saturated rings. The number of esters is 1. The highest BCUT2D eigenvalue weighted by Crippen LogP contribution is 2.20. The third-order valence-corrected chi connectivity index (χ3v) is 4.32. The second-order valence-electron chi connectivity index (χ2n) is 5.71. The summed E-state index contributed by atoms with van der Waals surface area (Å²) in [5.41, 5.74) is -0.974. The fourth-order valence-corrected chi connectivity index (χ4v) is 2.53. The van der Waals surface area contributed by atoms with Crippen LogP contribution in [0.15, 0.2) is 29.2 Å². The largest absolute Gasteiger partial charge is 0.451 e. The number of ether oxygens (including phenoxy) is 1. The summed E-state index contributed by atoms with van der Waals surface area (Å²) in [5, 5.41) is 0. The Hall–Kier alpha value is -1.69. The number of hydrogen-bond donors (Lipinski definition) is 0. The molecule has 0 aromatic heterocycles. The van der Waals surface area contributed by atoms with Gasteiger partial charge in [0.05, 0.1) is 4.90 Å². The molecule has 0 radical (unpaired) electrons. The van der Waals surface area contributed by atoms with E-state index < -0.39 is 21.4 Å². The summed E-state index contributed by atoms with van der Waals surface area (Å²) < 4.78 is 28.1. The zero-order chi connectivity index (χ0) is 17.0. The highest BCUT2D eigenvalue weighted by Gasteiger charge is 2.32. The van der Waals surface area contributed by atoms with Crippen LogP contribution >= 0.6 is 0 Å². The monoisotopic (exact) mass is 326 g/mol.